The summed E-state index contributed by atoms with van der Waals surface area (Å²) in [6.07, 6.45) is 3.08. The summed E-state index contributed by atoms with van der Waals surface area (Å²) in [5, 5.41) is 4.84. The minimum absolute atomic E-state index is 0.868. The topological polar surface area (TPSA) is 55.9 Å². The van der Waals surface area contributed by atoms with E-state index in [0.717, 1.165) is 50.9 Å². The highest BCUT2D eigenvalue weighted by atomic mass is 16.5. The number of hydrogen-bond acceptors (Lipinski definition) is 3. The molecule has 0 atom stereocenters. The molecule has 2 N–H and O–H groups in total. The molecule has 6 heteroatoms. The van der Waals surface area contributed by atoms with Gasteiger partial charge in [0.15, 0.2) is 5.96 Å². The maximum absolute atomic E-state index is 5.25. The van der Waals surface area contributed by atoms with Crippen molar-refractivity contribution in [2.45, 2.75) is 6.42 Å². The lowest BCUT2D eigenvalue weighted by Gasteiger charge is -2.37. The highest BCUT2D eigenvalue weighted by Crippen LogP contribution is 2.21. The first-order chi connectivity index (χ1) is 14.3. The number of H-pyrrole nitrogens is 1. The number of benzene rings is 2. The van der Waals surface area contributed by atoms with E-state index < -0.39 is 0 Å². The molecule has 0 bridgehead atoms. The summed E-state index contributed by atoms with van der Waals surface area (Å²) in [7, 11) is 3.56. The zero-order chi connectivity index (χ0) is 20.1. The molecule has 0 spiro atoms. The van der Waals surface area contributed by atoms with Crippen LogP contribution in [0, 0.1) is 0 Å². The molecule has 0 amide bonds. The average Bonchev–Trinajstić information content (AvgIpc) is 3.20. The Labute approximate surface area is 172 Å². The molecule has 1 saturated heterocycles. The van der Waals surface area contributed by atoms with Gasteiger partial charge in [-0.1, -0.05) is 18.2 Å². The first kappa shape index (κ1) is 19.2. The van der Waals surface area contributed by atoms with Crippen LogP contribution in [-0.2, 0) is 6.42 Å². The quantitative estimate of drug-likeness (QED) is 0.518. The molecule has 0 unspecified atom stereocenters. The Morgan fingerprint density at radius 1 is 1.07 bits per heavy atom. The van der Waals surface area contributed by atoms with Gasteiger partial charge in [-0.25, -0.2) is 0 Å². The smallest absolute Gasteiger partial charge is 0.193 e. The number of aromatic nitrogens is 1. The van der Waals surface area contributed by atoms with E-state index in [1.165, 1.54) is 22.2 Å². The van der Waals surface area contributed by atoms with Crippen molar-refractivity contribution >= 4 is 22.5 Å². The zero-order valence-electron chi connectivity index (χ0n) is 17.2. The number of nitrogens with one attached hydrogen (secondary N) is 2. The minimum Gasteiger partial charge on any atom is -0.497 e. The molecule has 0 aliphatic carbocycles. The van der Waals surface area contributed by atoms with Crippen molar-refractivity contribution in [1.29, 1.82) is 0 Å². The summed E-state index contributed by atoms with van der Waals surface area (Å²) in [5.74, 6) is 1.88. The van der Waals surface area contributed by atoms with Crippen LogP contribution in [0.4, 0.5) is 5.69 Å². The number of rotatable bonds is 5. The van der Waals surface area contributed by atoms with Crippen molar-refractivity contribution < 1.29 is 4.74 Å². The third-order valence-corrected chi connectivity index (χ3v) is 5.58. The molecular formula is C23H29N5O. The van der Waals surface area contributed by atoms with Gasteiger partial charge in [0.25, 0.3) is 0 Å². The second-order valence-electron chi connectivity index (χ2n) is 7.26. The second kappa shape index (κ2) is 8.90. The van der Waals surface area contributed by atoms with Gasteiger partial charge in [0.1, 0.15) is 5.75 Å². The molecule has 1 aliphatic rings. The molecule has 29 heavy (non-hydrogen) atoms. The van der Waals surface area contributed by atoms with Crippen molar-refractivity contribution in [1.82, 2.24) is 15.2 Å². The largest absolute Gasteiger partial charge is 0.497 e. The third-order valence-electron chi connectivity index (χ3n) is 5.58. The second-order valence-corrected chi connectivity index (χ2v) is 7.26. The van der Waals surface area contributed by atoms with Crippen LogP contribution in [0.2, 0.25) is 0 Å². The zero-order valence-corrected chi connectivity index (χ0v) is 17.2. The number of aromatic amines is 1. The molecule has 2 heterocycles. The number of fused-ring (bicyclic) bond motifs is 1. The molecular weight excluding hydrogens is 362 g/mol. The van der Waals surface area contributed by atoms with Crippen molar-refractivity contribution in [2.75, 3.05) is 51.8 Å². The number of guanidine groups is 1. The lowest BCUT2D eigenvalue weighted by Crippen LogP contribution is -2.52. The molecule has 2 aromatic carbocycles. The van der Waals surface area contributed by atoms with E-state index in [9.17, 15) is 0 Å². The van der Waals surface area contributed by atoms with Crippen molar-refractivity contribution in [2.24, 2.45) is 4.99 Å². The van der Waals surface area contributed by atoms with E-state index in [0.29, 0.717) is 0 Å². The molecule has 1 aliphatic heterocycles. The molecule has 152 valence electrons. The van der Waals surface area contributed by atoms with Crippen LogP contribution in [0.5, 0.6) is 5.75 Å². The van der Waals surface area contributed by atoms with Crippen molar-refractivity contribution in [3.63, 3.8) is 0 Å². The molecule has 3 aromatic rings. The number of para-hydroxylation sites is 1. The SMILES string of the molecule is CN=C(NCCc1c[nH]c2ccccc12)N1CCN(c2ccc(OC)cc2)CC1. The van der Waals surface area contributed by atoms with Crippen molar-refractivity contribution in [3.8, 4) is 5.75 Å². The van der Waals surface area contributed by atoms with Crippen LogP contribution in [-0.4, -0.2) is 62.7 Å². The van der Waals surface area contributed by atoms with Crippen LogP contribution in [0.3, 0.4) is 0 Å². The number of anilines is 1. The lowest BCUT2D eigenvalue weighted by atomic mass is 10.1. The Morgan fingerprint density at radius 2 is 1.83 bits per heavy atom. The molecule has 0 saturated carbocycles. The first-order valence-electron chi connectivity index (χ1n) is 10.2. The van der Waals surface area contributed by atoms with Gasteiger partial charge in [-0.15, -0.1) is 0 Å². The van der Waals surface area contributed by atoms with Crippen LogP contribution in [0.15, 0.2) is 59.7 Å². The highest BCUT2D eigenvalue weighted by Gasteiger charge is 2.19. The standard InChI is InChI=1S/C23H29N5O/c1-24-23(25-12-11-18-17-26-22-6-4-3-5-21(18)22)28-15-13-27(14-16-28)19-7-9-20(29-2)10-8-19/h3-10,17,26H,11-16H2,1-2H3,(H,24,25). The van der Waals surface area contributed by atoms with E-state index in [1.807, 2.05) is 19.2 Å². The van der Waals surface area contributed by atoms with Crippen LogP contribution < -0.4 is 15.0 Å². The van der Waals surface area contributed by atoms with Crippen LogP contribution >= 0.6 is 0 Å². The lowest BCUT2D eigenvalue weighted by molar-refractivity contribution is 0.373. The normalized spacial score (nSPS) is 15.0. The van der Waals surface area contributed by atoms with Gasteiger partial charge in [-0.05, 0) is 42.3 Å². The van der Waals surface area contributed by atoms with Gasteiger partial charge in [-0.3, -0.25) is 4.99 Å². The van der Waals surface area contributed by atoms with E-state index >= 15 is 0 Å². The Kier molecular flexibility index (Phi) is 5.89. The van der Waals surface area contributed by atoms with Gasteiger partial charge in [0.2, 0.25) is 0 Å². The fourth-order valence-corrected chi connectivity index (χ4v) is 3.95. The number of ether oxygens (including phenoxy) is 1. The monoisotopic (exact) mass is 391 g/mol. The summed E-state index contributed by atoms with van der Waals surface area (Å²) in [6, 6.07) is 16.7. The van der Waals surface area contributed by atoms with Crippen LogP contribution in [0.1, 0.15) is 5.56 Å². The fourth-order valence-electron chi connectivity index (χ4n) is 3.95. The Balaban J connectivity index is 1.29. The maximum atomic E-state index is 5.25. The molecule has 6 nitrogen and oxygen atoms in total. The summed E-state index contributed by atoms with van der Waals surface area (Å²) >= 11 is 0. The number of nitrogens with zero attached hydrogens (tertiary/aromatic N) is 3. The first-order valence-corrected chi connectivity index (χ1v) is 10.2. The summed E-state index contributed by atoms with van der Waals surface area (Å²) in [5.41, 5.74) is 3.78. The summed E-state index contributed by atoms with van der Waals surface area (Å²) < 4.78 is 5.25. The number of aliphatic imine (C=N–C) groups is 1. The number of piperazine rings is 1. The summed E-state index contributed by atoms with van der Waals surface area (Å²) in [6.45, 7) is 4.75. The number of hydrogen-bond donors (Lipinski definition) is 2. The van der Waals surface area contributed by atoms with Crippen LogP contribution in [0.25, 0.3) is 10.9 Å². The third kappa shape index (κ3) is 4.31. The molecule has 0 radical (unpaired) electrons. The van der Waals surface area contributed by atoms with E-state index in [2.05, 4.69) is 67.7 Å². The Hall–Kier alpha value is -3.15. The predicted octanol–water partition coefficient (Wildman–Crippen LogP) is 3.12. The summed E-state index contributed by atoms with van der Waals surface area (Å²) in [4.78, 5) is 12.6. The van der Waals surface area contributed by atoms with Crippen molar-refractivity contribution in [3.05, 3.63) is 60.3 Å². The maximum Gasteiger partial charge on any atom is 0.193 e. The molecule has 1 fully saturated rings. The van der Waals surface area contributed by atoms with Gasteiger partial charge >= 0.3 is 0 Å². The molecule has 4 rings (SSSR count). The average molecular weight is 392 g/mol. The van der Waals surface area contributed by atoms with Gasteiger partial charge in [0.05, 0.1) is 7.11 Å². The molecule has 1 aromatic heterocycles. The highest BCUT2D eigenvalue weighted by molar-refractivity contribution is 5.83. The van der Waals surface area contributed by atoms with Gasteiger partial charge in [-0.2, -0.15) is 0 Å². The Morgan fingerprint density at radius 3 is 2.55 bits per heavy atom. The van der Waals surface area contributed by atoms with Gasteiger partial charge in [0, 0.05) is 62.6 Å². The minimum atomic E-state index is 0.868. The Bertz CT molecular complexity index is 955. The van der Waals surface area contributed by atoms with Gasteiger partial charge < -0.3 is 24.8 Å². The predicted molar refractivity (Wildman–Crippen MR) is 120 cm³/mol. The van der Waals surface area contributed by atoms with E-state index in [4.69, 9.17) is 4.74 Å². The fraction of sp³-hybridized carbons (Fsp3) is 0.348. The van der Waals surface area contributed by atoms with E-state index in [1.54, 1.807) is 7.11 Å². The van der Waals surface area contributed by atoms with E-state index in [-0.39, 0.29) is 0 Å². The number of methoxy groups -OCH3 is 1.